The van der Waals surface area contributed by atoms with Crippen molar-refractivity contribution >= 4 is 16.9 Å². The number of rotatable bonds is 3. The molecule has 1 heterocycles. The number of carbonyl (C=O) groups is 1. The van der Waals surface area contributed by atoms with E-state index in [0.29, 0.717) is 24.0 Å². The first-order valence-corrected chi connectivity index (χ1v) is 5.29. The van der Waals surface area contributed by atoms with E-state index >= 15 is 0 Å². The number of furan rings is 1. The Kier molecular flexibility index (Phi) is 3.15. The SMILES string of the molecule is C#CCCc1cc2ccc(C(=O)OC)cc2o1. The first-order valence-electron chi connectivity index (χ1n) is 5.29. The van der Waals surface area contributed by atoms with Crippen molar-refractivity contribution in [3.63, 3.8) is 0 Å². The Hall–Kier alpha value is -2.21. The van der Waals surface area contributed by atoms with Gasteiger partial charge in [-0.15, -0.1) is 12.3 Å². The summed E-state index contributed by atoms with van der Waals surface area (Å²) in [6, 6.07) is 7.17. The van der Waals surface area contributed by atoms with Gasteiger partial charge in [-0.2, -0.15) is 0 Å². The largest absolute Gasteiger partial charge is 0.465 e. The molecule has 0 spiro atoms. The van der Waals surface area contributed by atoms with E-state index < -0.39 is 0 Å². The normalized spacial score (nSPS) is 10.1. The fraction of sp³-hybridized carbons (Fsp3) is 0.214. The van der Waals surface area contributed by atoms with Crippen LogP contribution in [0.25, 0.3) is 11.0 Å². The maximum absolute atomic E-state index is 11.3. The number of benzene rings is 1. The number of aryl methyl sites for hydroxylation is 1. The fourth-order valence-electron chi connectivity index (χ4n) is 1.65. The molecule has 0 aliphatic rings. The summed E-state index contributed by atoms with van der Waals surface area (Å²) in [6.45, 7) is 0. The van der Waals surface area contributed by atoms with Crippen molar-refractivity contribution in [3.05, 3.63) is 35.6 Å². The molecule has 0 aliphatic heterocycles. The third-order valence-electron chi connectivity index (χ3n) is 2.51. The molecule has 0 unspecified atom stereocenters. The second kappa shape index (κ2) is 4.75. The Morgan fingerprint density at radius 3 is 3.00 bits per heavy atom. The molecule has 1 aromatic carbocycles. The fourth-order valence-corrected chi connectivity index (χ4v) is 1.65. The van der Waals surface area contributed by atoms with Crippen LogP contribution in [0.2, 0.25) is 0 Å². The van der Waals surface area contributed by atoms with Crippen molar-refractivity contribution < 1.29 is 13.9 Å². The Bertz CT molecular complexity index is 587. The van der Waals surface area contributed by atoms with Crippen molar-refractivity contribution in [1.29, 1.82) is 0 Å². The van der Waals surface area contributed by atoms with Crippen LogP contribution in [-0.2, 0) is 11.2 Å². The van der Waals surface area contributed by atoms with Crippen LogP contribution >= 0.6 is 0 Å². The Balaban J connectivity index is 2.35. The molecule has 0 saturated carbocycles. The minimum atomic E-state index is -0.367. The van der Waals surface area contributed by atoms with Crippen molar-refractivity contribution in [2.75, 3.05) is 7.11 Å². The molecule has 3 nitrogen and oxygen atoms in total. The first kappa shape index (κ1) is 11.3. The molecule has 2 aromatic rings. The lowest BCUT2D eigenvalue weighted by Crippen LogP contribution is -1.99. The maximum Gasteiger partial charge on any atom is 0.337 e. The van der Waals surface area contributed by atoms with Crippen LogP contribution < -0.4 is 0 Å². The van der Waals surface area contributed by atoms with Gasteiger partial charge in [0.25, 0.3) is 0 Å². The van der Waals surface area contributed by atoms with Crippen molar-refractivity contribution in [2.24, 2.45) is 0 Å². The van der Waals surface area contributed by atoms with Gasteiger partial charge in [0, 0.05) is 18.2 Å². The van der Waals surface area contributed by atoms with Crippen LogP contribution in [0.15, 0.2) is 28.7 Å². The molecule has 1 aromatic heterocycles. The highest BCUT2D eigenvalue weighted by molar-refractivity contribution is 5.93. The van der Waals surface area contributed by atoms with E-state index in [1.807, 2.05) is 12.1 Å². The number of terminal acetylenes is 1. The standard InChI is InChI=1S/C14H12O3/c1-3-4-5-12-8-10-6-7-11(14(15)16-2)9-13(10)17-12/h1,6-9H,4-5H2,2H3. The summed E-state index contributed by atoms with van der Waals surface area (Å²) in [7, 11) is 1.35. The average molecular weight is 228 g/mol. The molecule has 2 rings (SSSR count). The van der Waals surface area contributed by atoms with Crippen LogP contribution in [0.1, 0.15) is 22.5 Å². The summed E-state index contributed by atoms with van der Waals surface area (Å²) in [5, 5.41) is 0.963. The molecule has 0 amide bonds. The number of fused-ring (bicyclic) bond motifs is 1. The number of methoxy groups -OCH3 is 1. The lowest BCUT2D eigenvalue weighted by atomic mass is 10.1. The number of esters is 1. The van der Waals surface area contributed by atoms with Crippen LogP contribution in [0, 0.1) is 12.3 Å². The molecule has 0 atom stereocenters. The molecule has 0 aliphatic carbocycles. The van der Waals surface area contributed by atoms with Crippen LogP contribution in [0.5, 0.6) is 0 Å². The highest BCUT2D eigenvalue weighted by Crippen LogP contribution is 2.22. The van der Waals surface area contributed by atoms with Gasteiger partial charge in [0.1, 0.15) is 11.3 Å². The number of hydrogen-bond acceptors (Lipinski definition) is 3. The molecule has 0 saturated heterocycles. The highest BCUT2D eigenvalue weighted by Gasteiger charge is 2.09. The van der Waals surface area contributed by atoms with E-state index in [1.54, 1.807) is 12.1 Å². The average Bonchev–Trinajstić information content (AvgIpc) is 2.76. The summed E-state index contributed by atoms with van der Waals surface area (Å²) in [5.41, 5.74) is 1.16. The molecule has 0 N–H and O–H groups in total. The van der Waals surface area contributed by atoms with Crippen molar-refractivity contribution in [3.8, 4) is 12.3 Å². The smallest absolute Gasteiger partial charge is 0.337 e. The number of ether oxygens (including phenoxy) is 1. The van der Waals surface area contributed by atoms with Gasteiger partial charge in [-0.05, 0) is 18.2 Å². The van der Waals surface area contributed by atoms with Gasteiger partial charge >= 0.3 is 5.97 Å². The molecule has 0 bridgehead atoms. The quantitative estimate of drug-likeness (QED) is 0.599. The van der Waals surface area contributed by atoms with Gasteiger partial charge < -0.3 is 9.15 Å². The number of carbonyl (C=O) groups excluding carboxylic acids is 1. The third kappa shape index (κ3) is 2.31. The zero-order valence-electron chi connectivity index (χ0n) is 9.53. The summed E-state index contributed by atoms with van der Waals surface area (Å²) in [4.78, 5) is 11.3. The van der Waals surface area contributed by atoms with Gasteiger partial charge in [-0.1, -0.05) is 6.07 Å². The van der Waals surface area contributed by atoms with Crippen molar-refractivity contribution in [1.82, 2.24) is 0 Å². The highest BCUT2D eigenvalue weighted by atomic mass is 16.5. The summed E-state index contributed by atoms with van der Waals surface area (Å²) >= 11 is 0. The van der Waals surface area contributed by atoms with Gasteiger partial charge in [0.15, 0.2) is 0 Å². The second-order valence-corrected chi connectivity index (χ2v) is 3.66. The molecular weight excluding hydrogens is 216 g/mol. The zero-order valence-corrected chi connectivity index (χ0v) is 9.53. The topological polar surface area (TPSA) is 39.4 Å². The predicted octanol–water partition coefficient (Wildman–Crippen LogP) is 2.79. The van der Waals surface area contributed by atoms with Gasteiger partial charge in [0.05, 0.1) is 12.7 Å². The first-order chi connectivity index (χ1) is 8.24. The molecule has 0 fully saturated rings. The summed E-state index contributed by atoms with van der Waals surface area (Å²) in [5.74, 6) is 3.03. The lowest BCUT2D eigenvalue weighted by Gasteiger charge is -1.97. The van der Waals surface area contributed by atoms with Crippen LogP contribution in [0.4, 0.5) is 0 Å². The number of hydrogen-bond donors (Lipinski definition) is 0. The van der Waals surface area contributed by atoms with Crippen molar-refractivity contribution in [2.45, 2.75) is 12.8 Å². The maximum atomic E-state index is 11.3. The van der Waals surface area contributed by atoms with E-state index in [1.165, 1.54) is 7.11 Å². The molecule has 0 radical (unpaired) electrons. The molecule has 3 heteroatoms. The van der Waals surface area contributed by atoms with E-state index in [2.05, 4.69) is 10.7 Å². The minimum Gasteiger partial charge on any atom is -0.465 e. The minimum absolute atomic E-state index is 0.367. The van der Waals surface area contributed by atoms with E-state index in [4.69, 9.17) is 10.8 Å². The van der Waals surface area contributed by atoms with E-state index in [-0.39, 0.29) is 5.97 Å². The summed E-state index contributed by atoms with van der Waals surface area (Å²) in [6.07, 6.45) is 6.55. The third-order valence-corrected chi connectivity index (χ3v) is 2.51. The Labute approximate surface area is 99.4 Å². The monoisotopic (exact) mass is 228 g/mol. The van der Waals surface area contributed by atoms with E-state index in [9.17, 15) is 4.79 Å². The predicted molar refractivity (Wildman–Crippen MR) is 64.7 cm³/mol. The van der Waals surface area contributed by atoms with Gasteiger partial charge in [-0.25, -0.2) is 4.79 Å². The Morgan fingerprint density at radius 2 is 2.29 bits per heavy atom. The zero-order chi connectivity index (χ0) is 12.3. The van der Waals surface area contributed by atoms with E-state index in [0.717, 1.165) is 11.1 Å². The lowest BCUT2D eigenvalue weighted by molar-refractivity contribution is 0.0601. The molecule has 17 heavy (non-hydrogen) atoms. The summed E-state index contributed by atoms with van der Waals surface area (Å²) < 4.78 is 10.3. The van der Waals surface area contributed by atoms with Gasteiger partial charge in [0.2, 0.25) is 0 Å². The van der Waals surface area contributed by atoms with Gasteiger partial charge in [-0.3, -0.25) is 0 Å². The Morgan fingerprint density at radius 1 is 1.47 bits per heavy atom. The van der Waals surface area contributed by atoms with Crippen LogP contribution in [0.3, 0.4) is 0 Å². The molecule has 86 valence electrons. The molecular formula is C14H12O3. The second-order valence-electron chi connectivity index (χ2n) is 3.66. The van der Waals surface area contributed by atoms with Crippen LogP contribution in [-0.4, -0.2) is 13.1 Å².